The van der Waals surface area contributed by atoms with Crippen LogP contribution in [-0.2, 0) is 0 Å². The zero-order valence-corrected chi connectivity index (χ0v) is 14.0. The van der Waals surface area contributed by atoms with E-state index in [0.717, 1.165) is 6.42 Å². The summed E-state index contributed by atoms with van der Waals surface area (Å²) < 4.78 is 2.44. The molecular formula is C22H20N2. The van der Waals surface area contributed by atoms with Crippen molar-refractivity contribution in [3.63, 3.8) is 0 Å². The minimum Gasteiger partial charge on any atom is -0.347 e. The predicted molar refractivity (Wildman–Crippen MR) is 102 cm³/mol. The standard InChI is InChI=1S/C22H20N2/c1-15-6-5-7-17(12-15)24-20-9-4-3-8-18(20)19-13-16(10-11-21(19)24)22-14-23(22)2/h3-11,13-15H,12H2,1-2H3. The highest BCUT2D eigenvalue weighted by atomic mass is 15.2. The van der Waals surface area contributed by atoms with Gasteiger partial charge in [0.2, 0.25) is 0 Å². The fourth-order valence-electron chi connectivity index (χ4n) is 3.86. The van der Waals surface area contributed by atoms with Crippen molar-refractivity contribution in [1.82, 2.24) is 9.47 Å². The molecule has 0 amide bonds. The molecule has 5 rings (SSSR count). The highest BCUT2D eigenvalue weighted by Crippen LogP contribution is 2.38. The first kappa shape index (κ1) is 13.7. The molecule has 2 aromatic carbocycles. The minimum atomic E-state index is 0.589. The quantitative estimate of drug-likeness (QED) is 0.608. The molecule has 0 saturated heterocycles. The van der Waals surface area contributed by atoms with Crippen LogP contribution in [0.2, 0.25) is 0 Å². The normalized spacial score (nSPS) is 19.8. The van der Waals surface area contributed by atoms with Crippen LogP contribution in [-0.4, -0.2) is 16.5 Å². The molecule has 1 aromatic heterocycles. The van der Waals surface area contributed by atoms with Crippen molar-refractivity contribution in [1.29, 1.82) is 0 Å². The maximum atomic E-state index is 2.44. The summed E-state index contributed by atoms with van der Waals surface area (Å²) in [5, 5.41) is 2.67. The lowest BCUT2D eigenvalue weighted by atomic mass is 10.00. The second-order valence-corrected chi connectivity index (χ2v) is 6.93. The molecule has 0 saturated carbocycles. The van der Waals surface area contributed by atoms with Gasteiger partial charge in [0.25, 0.3) is 0 Å². The summed E-state index contributed by atoms with van der Waals surface area (Å²) in [4.78, 5) is 2.18. The number of nitrogens with zero attached hydrogens (tertiary/aromatic N) is 2. The molecule has 2 heteroatoms. The Labute approximate surface area is 142 Å². The topological polar surface area (TPSA) is 7.94 Å². The van der Waals surface area contributed by atoms with Crippen LogP contribution in [0, 0.1) is 5.92 Å². The monoisotopic (exact) mass is 312 g/mol. The van der Waals surface area contributed by atoms with Gasteiger partial charge in [0.15, 0.2) is 0 Å². The van der Waals surface area contributed by atoms with Gasteiger partial charge in [0, 0.05) is 35.3 Å². The second-order valence-electron chi connectivity index (χ2n) is 6.93. The van der Waals surface area contributed by atoms with Crippen molar-refractivity contribution in [2.45, 2.75) is 13.3 Å². The van der Waals surface area contributed by atoms with Gasteiger partial charge in [-0.25, -0.2) is 0 Å². The third-order valence-corrected chi connectivity index (χ3v) is 5.14. The zero-order chi connectivity index (χ0) is 16.3. The minimum absolute atomic E-state index is 0.589. The molecule has 1 aliphatic carbocycles. The summed E-state index contributed by atoms with van der Waals surface area (Å²) in [7, 11) is 2.10. The van der Waals surface area contributed by atoms with E-state index in [4.69, 9.17) is 0 Å². The van der Waals surface area contributed by atoms with E-state index in [-0.39, 0.29) is 0 Å². The van der Waals surface area contributed by atoms with Gasteiger partial charge in [-0.3, -0.25) is 0 Å². The Kier molecular flexibility index (Phi) is 2.78. The molecule has 3 aromatic rings. The van der Waals surface area contributed by atoms with Gasteiger partial charge in [-0.05, 0) is 36.6 Å². The Hall–Kier alpha value is -2.74. The first-order valence-electron chi connectivity index (χ1n) is 8.58. The Bertz CT molecular complexity index is 1060. The van der Waals surface area contributed by atoms with Crippen molar-refractivity contribution in [2.75, 3.05) is 7.05 Å². The summed E-state index contributed by atoms with van der Waals surface area (Å²) in [5.74, 6) is 0.589. The van der Waals surface area contributed by atoms with Crippen molar-refractivity contribution in [3.05, 3.63) is 72.5 Å². The van der Waals surface area contributed by atoms with Gasteiger partial charge < -0.3 is 9.47 Å². The second kappa shape index (κ2) is 4.88. The summed E-state index contributed by atoms with van der Waals surface area (Å²) in [6, 6.07) is 15.6. The van der Waals surface area contributed by atoms with Crippen LogP contribution in [0.5, 0.6) is 0 Å². The molecule has 0 spiro atoms. The molecule has 0 bridgehead atoms. The van der Waals surface area contributed by atoms with Crippen LogP contribution in [0.15, 0.2) is 66.9 Å². The van der Waals surface area contributed by atoms with Crippen molar-refractivity contribution < 1.29 is 0 Å². The Balaban J connectivity index is 1.80. The Morgan fingerprint density at radius 2 is 1.79 bits per heavy atom. The van der Waals surface area contributed by atoms with E-state index in [9.17, 15) is 0 Å². The molecule has 24 heavy (non-hydrogen) atoms. The lowest BCUT2D eigenvalue weighted by molar-refractivity contribution is 0.730. The van der Waals surface area contributed by atoms with Gasteiger partial charge in [-0.2, -0.15) is 0 Å². The van der Waals surface area contributed by atoms with E-state index in [1.165, 1.54) is 38.8 Å². The van der Waals surface area contributed by atoms with Gasteiger partial charge in [0.1, 0.15) is 0 Å². The zero-order valence-electron chi connectivity index (χ0n) is 14.0. The Morgan fingerprint density at radius 3 is 2.58 bits per heavy atom. The molecule has 0 N–H and O–H groups in total. The number of fused-ring (bicyclic) bond motifs is 3. The molecule has 118 valence electrons. The molecule has 0 radical (unpaired) electrons. The molecule has 1 atom stereocenters. The predicted octanol–water partition coefficient (Wildman–Crippen LogP) is 5.48. The molecular weight excluding hydrogens is 292 g/mol. The van der Waals surface area contributed by atoms with Crippen LogP contribution >= 0.6 is 0 Å². The summed E-state index contributed by atoms with van der Waals surface area (Å²) >= 11 is 0. The number of rotatable bonds is 2. The molecule has 2 heterocycles. The van der Waals surface area contributed by atoms with Crippen molar-refractivity contribution in [3.8, 4) is 0 Å². The third-order valence-electron chi connectivity index (χ3n) is 5.14. The lowest BCUT2D eigenvalue weighted by Gasteiger charge is -2.18. The number of allylic oxidation sites excluding steroid dienone is 4. The average Bonchev–Trinajstić information content (AvgIpc) is 3.24. The molecule has 0 fully saturated rings. The molecule has 2 aliphatic rings. The van der Waals surface area contributed by atoms with E-state index in [1.54, 1.807) is 0 Å². The number of benzene rings is 2. The van der Waals surface area contributed by atoms with Crippen LogP contribution in [0.1, 0.15) is 18.9 Å². The Morgan fingerprint density at radius 1 is 1.00 bits per heavy atom. The molecule has 2 nitrogen and oxygen atoms in total. The summed E-state index contributed by atoms with van der Waals surface area (Å²) in [6.45, 7) is 2.28. The number of hydrogen-bond acceptors (Lipinski definition) is 1. The van der Waals surface area contributed by atoms with Crippen molar-refractivity contribution in [2.24, 2.45) is 5.92 Å². The first-order chi connectivity index (χ1) is 11.7. The number of aromatic nitrogens is 1. The maximum Gasteiger partial charge on any atom is 0.0643 e. The lowest BCUT2D eigenvalue weighted by Crippen LogP contribution is -2.04. The van der Waals surface area contributed by atoms with Crippen LogP contribution in [0.3, 0.4) is 0 Å². The summed E-state index contributed by atoms with van der Waals surface area (Å²) in [5.41, 5.74) is 6.61. The van der Waals surface area contributed by atoms with Gasteiger partial charge >= 0.3 is 0 Å². The van der Waals surface area contributed by atoms with Gasteiger partial charge in [0.05, 0.1) is 16.7 Å². The van der Waals surface area contributed by atoms with Gasteiger partial charge in [-0.1, -0.05) is 43.3 Å². The maximum absolute atomic E-state index is 2.44. The van der Waals surface area contributed by atoms with E-state index >= 15 is 0 Å². The van der Waals surface area contributed by atoms with E-state index in [0.29, 0.717) is 5.92 Å². The first-order valence-corrected chi connectivity index (χ1v) is 8.58. The largest absolute Gasteiger partial charge is 0.347 e. The van der Waals surface area contributed by atoms with E-state index < -0.39 is 0 Å². The SMILES string of the molecule is CC1C=CC=C(n2c3ccccc3c3cc(C4=CN4C)ccc32)C1. The fraction of sp³-hybridized carbons (Fsp3) is 0.182. The van der Waals surface area contributed by atoms with E-state index in [2.05, 4.69) is 90.3 Å². The van der Waals surface area contributed by atoms with Gasteiger partial charge in [-0.15, -0.1) is 0 Å². The van der Waals surface area contributed by atoms with Crippen LogP contribution in [0.4, 0.5) is 0 Å². The highest BCUT2D eigenvalue weighted by molar-refractivity contribution is 6.11. The fourth-order valence-corrected chi connectivity index (χ4v) is 3.86. The average molecular weight is 312 g/mol. The number of para-hydroxylation sites is 1. The highest BCUT2D eigenvalue weighted by Gasteiger charge is 2.20. The van der Waals surface area contributed by atoms with Crippen molar-refractivity contribution >= 4 is 33.2 Å². The number of hydrogen-bond donors (Lipinski definition) is 0. The van der Waals surface area contributed by atoms with Crippen LogP contribution < -0.4 is 0 Å². The summed E-state index contributed by atoms with van der Waals surface area (Å²) in [6.07, 6.45) is 10.0. The molecule has 1 unspecified atom stereocenters. The smallest absolute Gasteiger partial charge is 0.0643 e. The van der Waals surface area contributed by atoms with E-state index in [1.807, 2.05) is 0 Å². The van der Waals surface area contributed by atoms with Crippen LogP contribution in [0.25, 0.3) is 33.2 Å². The third kappa shape index (κ3) is 1.96. The molecule has 1 aliphatic heterocycles.